The fourth-order valence-corrected chi connectivity index (χ4v) is 8.66. The zero-order chi connectivity index (χ0) is 28.5. The van der Waals surface area contributed by atoms with Crippen LogP contribution in [0, 0.1) is 0 Å². The van der Waals surface area contributed by atoms with E-state index in [9.17, 15) is 0 Å². The van der Waals surface area contributed by atoms with Gasteiger partial charge in [-0.25, -0.2) is 0 Å². The van der Waals surface area contributed by atoms with Crippen molar-refractivity contribution in [3.05, 3.63) is 146 Å². The van der Waals surface area contributed by atoms with Gasteiger partial charge in [-0.3, -0.25) is 0 Å². The Kier molecular flexibility index (Phi) is 4.15. The third kappa shape index (κ3) is 2.62. The van der Waals surface area contributed by atoms with Gasteiger partial charge in [0, 0.05) is 0 Å². The molecular formula is C44H24. The summed E-state index contributed by atoms with van der Waals surface area (Å²) in [4.78, 5) is 0. The zero-order valence-corrected chi connectivity index (χ0v) is 23.9. The van der Waals surface area contributed by atoms with E-state index >= 15 is 0 Å². The second-order valence-corrected chi connectivity index (χ2v) is 12.3. The van der Waals surface area contributed by atoms with Crippen LogP contribution < -0.4 is 0 Å². The summed E-state index contributed by atoms with van der Waals surface area (Å²) < 4.78 is 0. The lowest BCUT2D eigenvalue weighted by molar-refractivity contribution is 1.64. The van der Waals surface area contributed by atoms with Gasteiger partial charge in [0.1, 0.15) is 0 Å². The van der Waals surface area contributed by atoms with E-state index < -0.39 is 0 Å². The molecule has 0 amide bonds. The molecule has 0 atom stereocenters. The largest absolute Gasteiger partial charge is 0.0622 e. The van der Waals surface area contributed by atoms with Crippen molar-refractivity contribution in [1.29, 1.82) is 0 Å². The summed E-state index contributed by atoms with van der Waals surface area (Å²) in [7, 11) is 0. The summed E-state index contributed by atoms with van der Waals surface area (Å²) in [5.74, 6) is 0. The van der Waals surface area contributed by atoms with Crippen LogP contribution in [0.3, 0.4) is 0 Å². The lowest BCUT2D eigenvalue weighted by atomic mass is 9.75. The third-order valence-corrected chi connectivity index (χ3v) is 10.3. The number of hydrogen-bond donors (Lipinski definition) is 0. The van der Waals surface area contributed by atoms with E-state index in [1.54, 1.807) is 0 Å². The Balaban J connectivity index is 1.60. The molecule has 0 aliphatic carbocycles. The predicted octanol–water partition coefficient (Wildman–Crippen LogP) is 12.6. The van der Waals surface area contributed by atoms with E-state index in [1.165, 1.54) is 108 Å². The molecule has 0 bridgehead atoms. The normalized spacial score (nSPS) is 12.5. The van der Waals surface area contributed by atoms with Gasteiger partial charge >= 0.3 is 0 Å². The van der Waals surface area contributed by atoms with E-state index in [1.807, 2.05) is 0 Å². The fourth-order valence-electron chi connectivity index (χ4n) is 8.66. The highest BCUT2D eigenvalue weighted by molar-refractivity contribution is 6.52. The molecule has 200 valence electrons. The minimum atomic E-state index is 1.26. The first-order valence-corrected chi connectivity index (χ1v) is 15.5. The number of rotatable bonds is 2. The Labute approximate surface area is 253 Å². The maximum absolute atomic E-state index is 2.42. The molecule has 44 heavy (non-hydrogen) atoms. The summed E-state index contributed by atoms with van der Waals surface area (Å²) in [5.41, 5.74) is 5.15. The van der Waals surface area contributed by atoms with Crippen molar-refractivity contribution < 1.29 is 0 Å². The van der Waals surface area contributed by atoms with Gasteiger partial charge in [0.2, 0.25) is 0 Å². The molecule has 0 fully saturated rings. The molecule has 0 radical (unpaired) electrons. The van der Waals surface area contributed by atoms with E-state index in [0.717, 1.165) is 0 Å². The van der Waals surface area contributed by atoms with Gasteiger partial charge in [0.15, 0.2) is 0 Å². The molecule has 0 aliphatic heterocycles. The number of fused-ring (bicyclic) bond motifs is 6. The summed E-state index contributed by atoms with van der Waals surface area (Å²) in [6.45, 7) is 0. The van der Waals surface area contributed by atoms with Gasteiger partial charge in [-0.15, -0.1) is 0 Å². The molecule has 0 saturated heterocycles. The molecule has 0 nitrogen and oxygen atoms in total. The average Bonchev–Trinajstić information content (AvgIpc) is 3.10. The molecule has 11 aromatic rings. The van der Waals surface area contributed by atoms with Crippen molar-refractivity contribution in [2.45, 2.75) is 0 Å². The van der Waals surface area contributed by atoms with E-state index in [2.05, 4.69) is 146 Å². The summed E-state index contributed by atoms with van der Waals surface area (Å²) in [6.07, 6.45) is 0. The molecule has 0 aromatic heterocycles. The predicted molar refractivity (Wildman–Crippen MR) is 191 cm³/mol. The van der Waals surface area contributed by atoms with Gasteiger partial charge in [0.25, 0.3) is 0 Å². The van der Waals surface area contributed by atoms with Crippen molar-refractivity contribution in [1.82, 2.24) is 0 Å². The van der Waals surface area contributed by atoms with Gasteiger partial charge in [-0.2, -0.15) is 0 Å². The SMILES string of the molecule is c1ccc(-c2c(-c3ccccc3)c3c4ccccc4c4ccc5ccc6c7ccccc7c7ccc2c2c7c6c5c4c32)cc1. The fraction of sp³-hybridized carbons (Fsp3) is 0. The molecule has 11 aromatic carbocycles. The minimum Gasteiger partial charge on any atom is -0.0622 e. The van der Waals surface area contributed by atoms with E-state index in [4.69, 9.17) is 0 Å². The van der Waals surface area contributed by atoms with Crippen molar-refractivity contribution in [3.63, 3.8) is 0 Å². The minimum absolute atomic E-state index is 1.26. The van der Waals surface area contributed by atoms with Crippen molar-refractivity contribution in [2.24, 2.45) is 0 Å². The van der Waals surface area contributed by atoms with E-state index in [0.29, 0.717) is 0 Å². The van der Waals surface area contributed by atoms with Crippen LogP contribution in [-0.4, -0.2) is 0 Å². The van der Waals surface area contributed by atoms with Crippen molar-refractivity contribution in [3.8, 4) is 22.3 Å². The zero-order valence-electron chi connectivity index (χ0n) is 23.9. The van der Waals surface area contributed by atoms with Crippen LogP contribution >= 0.6 is 0 Å². The second-order valence-electron chi connectivity index (χ2n) is 12.3. The molecule has 0 aliphatic rings. The molecule has 0 saturated carbocycles. The van der Waals surface area contributed by atoms with Gasteiger partial charge in [0.05, 0.1) is 0 Å². The van der Waals surface area contributed by atoms with Crippen LogP contribution in [0.1, 0.15) is 0 Å². The quantitative estimate of drug-likeness (QED) is 0.148. The smallest absolute Gasteiger partial charge is 0.0000706 e. The van der Waals surface area contributed by atoms with Gasteiger partial charge in [-0.05, 0) is 108 Å². The highest BCUT2D eigenvalue weighted by atomic mass is 14.3. The first-order valence-electron chi connectivity index (χ1n) is 15.5. The standard InChI is InChI=1S/C44H24/c1-3-11-25(12-4-1)36-35-24-23-34-29-16-8-7-15-28(29)32-21-19-27-20-22-33-30-17-9-10-18-31(30)40(37(36)26-13-5-2-6-14-26)44-41(33)38(27)39(32)42(34)43(35)44/h1-24H. The topological polar surface area (TPSA) is 0 Å². The highest BCUT2D eigenvalue weighted by Gasteiger charge is 2.28. The molecule has 0 unspecified atom stereocenters. The Morgan fingerprint density at radius 1 is 0.205 bits per heavy atom. The van der Waals surface area contributed by atoms with Crippen LogP contribution in [0.5, 0.6) is 0 Å². The Bertz CT molecular complexity index is 2890. The van der Waals surface area contributed by atoms with Crippen LogP contribution in [0.15, 0.2) is 146 Å². The number of benzene rings is 11. The van der Waals surface area contributed by atoms with E-state index in [-0.39, 0.29) is 0 Å². The van der Waals surface area contributed by atoms with Crippen LogP contribution in [-0.2, 0) is 0 Å². The summed E-state index contributed by atoms with van der Waals surface area (Å²) >= 11 is 0. The van der Waals surface area contributed by atoms with Crippen molar-refractivity contribution >= 4 is 86.2 Å². The molecule has 0 spiro atoms. The first kappa shape index (κ1) is 22.8. The molecule has 11 rings (SSSR count). The average molecular weight is 553 g/mol. The second kappa shape index (κ2) is 8.01. The maximum atomic E-state index is 2.42. The number of hydrogen-bond acceptors (Lipinski definition) is 0. The highest BCUT2D eigenvalue weighted by Crippen LogP contribution is 2.56. The maximum Gasteiger partial charge on any atom is -0.0000706 e. The summed E-state index contributed by atoms with van der Waals surface area (Å²) in [6, 6.07) is 54.4. The lowest BCUT2D eigenvalue weighted by Crippen LogP contribution is -1.98. The lowest BCUT2D eigenvalue weighted by Gasteiger charge is -2.27. The monoisotopic (exact) mass is 552 g/mol. The Morgan fingerprint density at radius 2 is 0.591 bits per heavy atom. The van der Waals surface area contributed by atoms with Crippen LogP contribution in [0.25, 0.3) is 108 Å². The van der Waals surface area contributed by atoms with Crippen LogP contribution in [0.4, 0.5) is 0 Å². The third-order valence-electron chi connectivity index (χ3n) is 10.3. The van der Waals surface area contributed by atoms with Gasteiger partial charge < -0.3 is 0 Å². The molecule has 0 heteroatoms. The van der Waals surface area contributed by atoms with Crippen LogP contribution in [0.2, 0.25) is 0 Å². The van der Waals surface area contributed by atoms with Crippen molar-refractivity contribution in [2.75, 3.05) is 0 Å². The molecule has 0 heterocycles. The molecular weight excluding hydrogens is 528 g/mol. The summed E-state index contributed by atoms with van der Waals surface area (Å²) in [5, 5.41) is 21.7. The first-order chi connectivity index (χ1) is 21.9. The Morgan fingerprint density at radius 3 is 1.20 bits per heavy atom. The Hall–Kier alpha value is -5.72. The molecule has 0 N–H and O–H groups in total. The van der Waals surface area contributed by atoms with Gasteiger partial charge in [-0.1, -0.05) is 146 Å².